The molecule has 0 aliphatic heterocycles. The molecule has 4 rings (SSSR count). The Morgan fingerprint density at radius 1 is 0.667 bits per heavy atom. The van der Waals surface area contributed by atoms with E-state index in [2.05, 4.69) is 125 Å². The van der Waals surface area contributed by atoms with Crippen molar-refractivity contribution in [1.29, 1.82) is 0 Å². The van der Waals surface area contributed by atoms with Crippen LogP contribution in [-0.2, 0) is 11.8 Å². The minimum atomic E-state index is -0.322. The summed E-state index contributed by atoms with van der Waals surface area (Å²) < 4.78 is 1.75. The topological polar surface area (TPSA) is 3.88 Å². The molecule has 4 aromatic rings. The van der Waals surface area contributed by atoms with Gasteiger partial charge in [-0.15, -0.1) is 11.8 Å². The number of thioether (sulfide) groups is 1. The number of aromatic nitrogens is 1. The maximum Gasteiger partial charge on any atom is 0.175 e. The predicted octanol–water partition coefficient (Wildman–Crippen LogP) is 3.21. The molecule has 150 valence electrons. The Balaban J connectivity index is 0.00000256. The van der Waals surface area contributed by atoms with Crippen LogP contribution in [0.1, 0.15) is 22.3 Å². The molecular weight excluding hydrogens is 497 g/mol. The Morgan fingerprint density at radius 3 is 1.57 bits per heavy atom. The van der Waals surface area contributed by atoms with Gasteiger partial charge in [0.25, 0.3) is 0 Å². The van der Waals surface area contributed by atoms with Crippen molar-refractivity contribution in [2.75, 3.05) is 0 Å². The summed E-state index contributed by atoms with van der Waals surface area (Å²) in [6.07, 6.45) is 6.37. The van der Waals surface area contributed by atoms with Crippen molar-refractivity contribution < 1.29 is 28.5 Å². The Hall–Kier alpha value is -2.37. The molecule has 0 saturated heterocycles. The minimum absolute atomic E-state index is 0. The van der Waals surface area contributed by atoms with Gasteiger partial charge in [-0.3, -0.25) is 0 Å². The molecule has 30 heavy (non-hydrogen) atoms. The summed E-state index contributed by atoms with van der Waals surface area (Å²) in [5, 5.41) is 2.22. The molecule has 0 bridgehead atoms. The first-order chi connectivity index (χ1) is 14.3. The highest BCUT2D eigenvalue weighted by Gasteiger charge is 2.36. The van der Waals surface area contributed by atoms with Gasteiger partial charge < -0.3 is 24.0 Å². The van der Waals surface area contributed by atoms with E-state index in [1.54, 1.807) is 0 Å². The molecule has 3 aromatic carbocycles. The second-order valence-corrected chi connectivity index (χ2v) is 8.12. The van der Waals surface area contributed by atoms with Gasteiger partial charge in [0.05, 0.1) is 4.75 Å². The SMILES string of the molecule is C[n+]1cccc(C=CSC(c2ccccc2)(c2ccccc2)c2ccccc2)c1.[I-]. The molecule has 0 aliphatic rings. The highest BCUT2D eigenvalue weighted by atomic mass is 127. The van der Waals surface area contributed by atoms with Crippen LogP contribution in [0.4, 0.5) is 0 Å². The van der Waals surface area contributed by atoms with Crippen molar-refractivity contribution in [1.82, 2.24) is 0 Å². The van der Waals surface area contributed by atoms with Gasteiger partial charge in [-0.05, 0) is 34.2 Å². The summed E-state index contributed by atoms with van der Waals surface area (Å²) in [5.74, 6) is 0. The summed E-state index contributed by atoms with van der Waals surface area (Å²) in [6, 6.07) is 36.5. The lowest BCUT2D eigenvalue weighted by Crippen LogP contribution is -3.00. The van der Waals surface area contributed by atoms with Crippen molar-refractivity contribution in [3.63, 3.8) is 0 Å². The van der Waals surface area contributed by atoms with Crippen LogP contribution in [0.15, 0.2) is 121 Å². The third-order valence-electron chi connectivity index (χ3n) is 5.01. The van der Waals surface area contributed by atoms with Crippen molar-refractivity contribution in [2.24, 2.45) is 7.05 Å². The standard InChI is InChI=1S/C27H24NS.HI/c1-28-20-11-12-23(22-28)19-21-29-27(24-13-5-2-6-14-24,25-15-7-3-8-16-25)26-17-9-4-10-18-26;/h2-22H,1H3;1H/q+1;/p-1. The Morgan fingerprint density at radius 2 is 1.13 bits per heavy atom. The summed E-state index contributed by atoms with van der Waals surface area (Å²) in [6.45, 7) is 0. The molecule has 3 heteroatoms. The van der Waals surface area contributed by atoms with E-state index in [1.807, 2.05) is 25.0 Å². The van der Waals surface area contributed by atoms with E-state index >= 15 is 0 Å². The summed E-state index contributed by atoms with van der Waals surface area (Å²) in [5.41, 5.74) is 4.99. The third-order valence-corrected chi connectivity index (χ3v) is 6.34. The van der Waals surface area contributed by atoms with Crippen LogP contribution in [0.2, 0.25) is 0 Å². The van der Waals surface area contributed by atoms with Crippen LogP contribution in [0.25, 0.3) is 6.08 Å². The van der Waals surface area contributed by atoms with Crippen molar-refractivity contribution >= 4 is 17.8 Å². The molecule has 0 atom stereocenters. The fraction of sp³-hybridized carbons (Fsp3) is 0.0741. The monoisotopic (exact) mass is 521 g/mol. The molecule has 1 nitrogen and oxygen atoms in total. The Bertz CT molecular complexity index is 983. The van der Waals surface area contributed by atoms with Crippen LogP contribution >= 0.6 is 11.8 Å². The molecule has 1 aromatic heterocycles. The fourth-order valence-electron chi connectivity index (χ4n) is 3.65. The average Bonchev–Trinajstić information content (AvgIpc) is 2.79. The van der Waals surface area contributed by atoms with E-state index < -0.39 is 0 Å². The van der Waals surface area contributed by atoms with Gasteiger partial charge in [-0.2, -0.15) is 0 Å². The number of hydrogen-bond donors (Lipinski definition) is 0. The molecule has 0 aliphatic carbocycles. The molecule has 0 unspecified atom stereocenters. The van der Waals surface area contributed by atoms with Crippen molar-refractivity contribution in [2.45, 2.75) is 4.75 Å². The molecule has 0 saturated carbocycles. The van der Waals surface area contributed by atoms with Crippen LogP contribution in [0.5, 0.6) is 0 Å². The first-order valence-electron chi connectivity index (χ1n) is 9.75. The number of pyridine rings is 1. The first-order valence-corrected chi connectivity index (χ1v) is 10.6. The third kappa shape index (κ3) is 4.85. The number of halogens is 1. The molecule has 0 spiro atoms. The van der Waals surface area contributed by atoms with Gasteiger partial charge in [-0.1, -0.05) is 91.0 Å². The Kier molecular flexibility index (Phi) is 7.88. The lowest BCUT2D eigenvalue weighted by Gasteiger charge is -2.34. The van der Waals surface area contributed by atoms with Crippen LogP contribution in [-0.4, -0.2) is 0 Å². The van der Waals surface area contributed by atoms with Gasteiger partial charge in [0.1, 0.15) is 7.05 Å². The summed E-state index contributed by atoms with van der Waals surface area (Å²) in [4.78, 5) is 0. The maximum atomic E-state index is 2.23. The van der Waals surface area contributed by atoms with E-state index in [9.17, 15) is 0 Å². The van der Waals surface area contributed by atoms with E-state index in [0.717, 1.165) is 0 Å². The van der Waals surface area contributed by atoms with E-state index in [1.165, 1.54) is 22.3 Å². The summed E-state index contributed by atoms with van der Waals surface area (Å²) >= 11 is 1.84. The Labute approximate surface area is 200 Å². The molecule has 0 radical (unpaired) electrons. The predicted molar refractivity (Wildman–Crippen MR) is 123 cm³/mol. The first kappa shape index (κ1) is 22.3. The lowest BCUT2D eigenvalue weighted by molar-refractivity contribution is -0.671. The fourth-order valence-corrected chi connectivity index (χ4v) is 4.89. The number of hydrogen-bond acceptors (Lipinski definition) is 1. The smallest absolute Gasteiger partial charge is 0.175 e. The number of aryl methyl sites for hydroxylation is 1. The quantitative estimate of drug-likeness (QED) is 0.214. The molecule has 0 N–H and O–H groups in total. The number of rotatable bonds is 6. The highest BCUT2D eigenvalue weighted by molar-refractivity contribution is 8.03. The number of benzene rings is 3. The van der Waals surface area contributed by atoms with Gasteiger partial charge in [0, 0.05) is 11.6 Å². The second kappa shape index (κ2) is 10.6. The van der Waals surface area contributed by atoms with Gasteiger partial charge in [0.2, 0.25) is 0 Å². The zero-order valence-electron chi connectivity index (χ0n) is 16.9. The molecular formula is C27H24INS. The van der Waals surface area contributed by atoms with Gasteiger partial charge in [0.15, 0.2) is 12.4 Å². The number of nitrogens with zero attached hydrogens (tertiary/aromatic N) is 1. The second-order valence-electron chi connectivity index (χ2n) is 7.00. The van der Waals surface area contributed by atoms with E-state index in [0.29, 0.717) is 0 Å². The van der Waals surface area contributed by atoms with Crippen LogP contribution in [0, 0.1) is 0 Å². The minimum Gasteiger partial charge on any atom is -1.00 e. The maximum absolute atomic E-state index is 2.23. The molecule has 0 amide bonds. The molecule has 0 fully saturated rings. The highest BCUT2D eigenvalue weighted by Crippen LogP contribution is 2.49. The van der Waals surface area contributed by atoms with Crippen molar-refractivity contribution in [3.8, 4) is 0 Å². The van der Waals surface area contributed by atoms with E-state index in [4.69, 9.17) is 0 Å². The zero-order valence-corrected chi connectivity index (χ0v) is 19.8. The zero-order chi connectivity index (χ0) is 19.9. The average molecular weight is 521 g/mol. The van der Waals surface area contributed by atoms with E-state index in [-0.39, 0.29) is 28.7 Å². The summed E-state index contributed by atoms with van der Waals surface area (Å²) in [7, 11) is 2.05. The van der Waals surface area contributed by atoms with Crippen LogP contribution in [0.3, 0.4) is 0 Å². The molecule has 1 heterocycles. The van der Waals surface area contributed by atoms with Crippen LogP contribution < -0.4 is 28.5 Å². The normalized spacial score (nSPS) is 11.2. The van der Waals surface area contributed by atoms with Crippen molar-refractivity contribution in [3.05, 3.63) is 143 Å². The van der Waals surface area contributed by atoms with Gasteiger partial charge in [-0.25, -0.2) is 4.57 Å². The lowest BCUT2D eigenvalue weighted by atomic mass is 9.84. The van der Waals surface area contributed by atoms with Gasteiger partial charge >= 0.3 is 0 Å². The largest absolute Gasteiger partial charge is 1.00 e.